The molecule has 1 aromatic carbocycles. The fourth-order valence-corrected chi connectivity index (χ4v) is 4.35. The van der Waals surface area contributed by atoms with Crippen LogP contribution >= 0.6 is 0 Å². The Hall–Kier alpha value is -2.84. The number of aromatic amines is 1. The molecule has 0 saturated carbocycles. The molecule has 5 N–H and O–H groups in total. The van der Waals surface area contributed by atoms with Crippen molar-refractivity contribution in [2.45, 2.75) is 44.2 Å². The zero-order valence-electron chi connectivity index (χ0n) is 17.1. The summed E-state index contributed by atoms with van der Waals surface area (Å²) in [5, 5.41) is 19.6. The summed E-state index contributed by atoms with van der Waals surface area (Å²) in [6, 6.07) is 7.15. The van der Waals surface area contributed by atoms with E-state index in [4.69, 9.17) is 4.74 Å². The van der Waals surface area contributed by atoms with Gasteiger partial charge in [-0.05, 0) is 18.9 Å². The van der Waals surface area contributed by atoms with E-state index in [0.717, 1.165) is 4.57 Å². The molecule has 1 fully saturated rings. The largest absolute Gasteiger partial charge is 0.480 e. The van der Waals surface area contributed by atoms with Gasteiger partial charge in [-0.3, -0.25) is 19.1 Å². The van der Waals surface area contributed by atoms with Crippen LogP contribution in [0.3, 0.4) is 0 Å². The third kappa shape index (κ3) is 5.89. The van der Waals surface area contributed by atoms with Crippen molar-refractivity contribution in [1.82, 2.24) is 19.0 Å². The standard InChI is InChI=1S/C19H24N4O8S/c1-11-10-23(19(28)21-17(11)25)16-8-14(24)15(31-16)9-20-32(29,30)22-13(18(26)27)7-12-5-3-2-4-6-12/h2-6,10,13-16,20,22,24H,7-9H2,1H3,(H,26,27)(H,21,25,28)/t13-,14-,15+,16+/m0/s1. The van der Waals surface area contributed by atoms with E-state index in [0.29, 0.717) is 5.56 Å². The molecule has 0 unspecified atom stereocenters. The van der Waals surface area contributed by atoms with Gasteiger partial charge in [-0.1, -0.05) is 30.3 Å². The summed E-state index contributed by atoms with van der Waals surface area (Å²) < 4.78 is 35.7. The van der Waals surface area contributed by atoms with E-state index in [-0.39, 0.29) is 24.9 Å². The molecule has 0 aliphatic carbocycles. The van der Waals surface area contributed by atoms with Crippen molar-refractivity contribution < 1.29 is 28.2 Å². The molecular formula is C19H24N4O8S. The number of carboxylic acid groups (broad SMARTS) is 1. The van der Waals surface area contributed by atoms with Crippen LogP contribution in [0.15, 0.2) is 46.1 Å². The number of hydrogen-bond acceptors (Lipinski definition) is 7. The van der Waals surface area contributed by atoms with Gasteiger partial charge in [0.1, 0.15) is 12.3 Å². The van der Waals surface area contributed by atoms with Crippen LogP contribution in [0.25, 0.3) is 0 Å². The molecule has 2 aromatic rings. The molecular weight excluding hydrogens is 444 g/mol. The Kier molecular flexibility index (Phi) is 7.26. The number of H-pyrrole nitrogens is 1. The van der Waals surface area contributed by atoms with Crippen LogP contribution in [-0.4, -0.2) is 58.9 Å². The highest BCUT2D eigenvalue weighted by atomic mass is 32.2. The first-order valence-corrected chi connectivity index (χ1v) is 11.2. The number of ether oxygens (including phenoxy) is 1. The van der Waals surface area contributed by atoms with Crippen LogP contribution in [0.5, 0.6) is 0 Å². The van der Waals surface area contributed by atoms with Crippen molar-refractivity contribution in [2.75, 3.05) is 6.54 Å². The van der Waals surface area contributed by atoms with E-state index in [2.05, 4.69) is 14.4 Å². The van der Waals surface area contributed by atoms with Crippen molar-refractivity contribution in [3.05, 3.63) is 68.5 Å². The Bertz CT molecular complexity index is 1180. The Balaban J connectivity index is 1.62. The number of carboxylic acids is 1. The summed E-state index contributed by atoms with van der Waals surface area (Å²) >= 11 is 0. The molecule has 0 radical (unpaired) electrons. The molecule has 174 valence electrons. The van der Waals surface area contributed by atoms with Crippen LogP contribution in [0.2, 0.25) is 0 Å². The predicted molar refractivity (Wildman–Crippen MR) is 112 cm³/mol. The molecule has 4 atom stereocenters. The van der Waals surface area contributed by atoms with Gasteiger partial charge in [0.05, 0.1) is 12.2 Å². The molecule has 1 saturated heterocycles. The van der Waals surface area contributed by atoms with Gasteiger partial charge in [0.2, 0.25) is 0 Å². The number of nitrogens with zero attached hydrogens (tertiary/aromatic N) is 1. The van der Waals surface area contributed by atoms with Gasteiger partial charge in [-0.2, -0.15) is 17.9 Å². The van der Waals surface area contributed by atoms with Crippen molar-refractivity contribution in [3.8, 4) is 0 Å². The molecule has 0 spiro atoms. The number of rotatable bonds is 9. The summed E-state index contributed by atoms with van der Waals surface area (Å²) in [6.45, 7) is 1.15. The maximum absolute atomic E-state index is 12.4. The van der Waals surface area contributed by atoms with Crippen molar-refractivity contribution in [2.24, 2.45) is 0 Å². The quantitative estimate of drug-likeness (QED) is 0.298. The Morgan fingerprint density at radius 2 is 2.00 bits per heavy atom. The summed E-state index contributed by atoms with van der Waals surface area (Å²) in [5.74, 6) is -1.34. The van der Waals surface area contributed by atoms with Crippen LogP contribution in [-0.2, 0) is 26.2 Å². The highest BCUT2D eigenvalue weighted by molar-refractivity contribution is 7.87. The van der Waals surface area contributed by atoms with Gasteiger partial charge in [0.25, 0.3) is 15.8 Å². The zero-order valence-corrected chi connectivity index (χ0v) is 17.9. The van der Waals surface area contributed by atoms with E-state index in [9.17, 15) is 33.0 Å². The molecule has 1 aliphatic heterocycles. The average Bonchev–Trinajstić information content (AvgIpc) is 3.09. The van der Waals surface area contributed by atoms with Gasteiger partial charge in [0, 0.05) is 24.7 Å². The number of nitrogens with one attached hydrogen (secondary N) is 3. The molecule has 0 bridgehead atoms. The molecule has 3 rings (SSSR count). The first-order valence-electron chi connectivity index (χ1n) is 9.75. The number of carbonyl (C=O) groups is 1. The van der Waals surface area contributed by atoms with E-state index >= 15 is 0 Å². The number of aliphatic hydroxyl groups is 1. The van der Waals surface area contributed by atoms with Crippen molar-refractivity contribution in [1.29, 1.82) is 0 Å². The lowest BCUT2D eigenvalue weighted by atomic mass is 10.1. The Labute approximate surface area is 183 Å². The number of aliphatic carboxylic acids is 1. The third-order valence-corrected chi connectivity index (χ3v) is 6.15. The van der Waals surface area contributed by atoms with Crippen molar-refractivity contribution in [3.63, 3.8) is 0 Å². The van der Waals surface area contributed by atoms with Crippen LogP contribution in [0, 0.1) is 6.92 Å². The highest BCUT2D eigenvalue weighted by Crippen LogP contribution is 2.27. The third-order valence-electron chi connectivity index (χ3n) is 5.01. The minimum absolute atomic E-state index is 0.00300. The number of benzene rings is 1. The number of aliphatic hydroxyl groups excluding tert-OH is 1. The normalized spacial score (nSPS) is 22.0. The first-order chi connectivity index (χ1) is 15.1. The monoisotopic (exact) mass is 468 g/mol. The second-order valence-corrected chi connectivity index (χ2v) is 8.99. The number of aryl methyl sites for hydroxylation is 1. The van der Waals surface area contributed by atoms with Gasteiger partial charge in [0.15, 0.2) is 0 Å². The van der Waals surface area contributed by atoms with Gasteiger partial charge in [-0.15, -0.1) is 0 Å². The molecule has 12 nitrogen and oxygen atoms in total. The number of aromatic nitrogens is 2. The average molecular weight is 468 g/mol. The molecule has 1 aliphatic rings. The zero-order chi connectivity index (χ0) is 23.5. The summed E-state index contributed by atoms with van der Waals surface area (Å²) in [7, 11) is -4.25. The lowest BCUT2D eigenvalue weighted by Gasteiger charge is -2.19. The Morgan fingerprint density at radius 3 is 2.66 bits per heavy atom. The van der Waals surface area contributed by atoms with Gasteiger partial charge >= 0.3 is 11.7 Å². The second kappa shape index (κ2) is 9.75. The van der Waals surface area contributed by atoms with E-state index < -0.39 is 51.9 Å². The maximum atomic E-state index is 12.4. The summed E-state index contributed by atoms with van der Waals surface area (Å²) in [5.41, 5.74) is -0.342. The lowest BCUT2D eigenvalue weighted by molar-refractivity contribution is -0.138. The van der Waals surface area contributed by atoms with Crippen LogP contribution in [0.1, 0.15) is 23.8 Å². The van der Waals surface area contributed by atoms with Crippen LogP contribution in [0.4, 0.5) is 0 Å². The molecule has 1 aromatic heterocycles. The van der Waals surface area contributed by atoms with Gasteiger partial charge in [-0.25, -0.2) is 4.79 Å². The molecule has 0 amide bonds. The highest BCUT2D eigenvalue weighted by Gasteiger charge is 2.36. The minimum atomic E-state index is -4.25. The van der Waals surface area contributed by atoms with Gasteiger partial charge < -0.3 is 14.9 Å². The van der Waals surface area contributed by atoms with Crippen LogP contribution < -0.4 is 20.7 Å². The number of hydrogen-bond donors (Lipinski definition) is 5. The molecule has 32 heavy (non-hydrogen) atoms. The molecule has 13 heteroatoms. The van der Waals surface area contributed by atoms with E-state index in [1.165, 1.54) is 13.1 Å². The summed E-state index contributed by atoms with van der Waals surface area (Å²) in [4.78, 5) is 37.2. The fourth-order valence-electron chi connectivity index (χ4n) is 3.32. The molecule has 2 heterocycles. The van der Waals surface area contributed by atoms with Crippen molar-refractivity contribution >= 4 is 16.2 Å². The van der Waals surface area contributed by atoms with E-state index in [1.54, 1.807) is 30.3 Å². The predicted octanol–water partition coefficient (Wildman–Crippen LogP) is -1.39. The fraction of sp³-hybridized carbons (Fsp3) is 0.421. The first kappa shape index (κ1) is 23.8. The minimum Gasteiger partial charge on any atom is -0.480 e. The Morgan fingerprint density at radius 1 is 1.31 bits per heavy atom. The lowest BCUT2D eigenvalue weighted by Crippen LogP contribution is -2.49. The van der Waals surface area contributed by atoms with E-state index in [1.807, 2.05) is 0 Å². The summed E-state index contributed by atoms with van der Waals surface area (Å²) in [6.07, 6.45) is -1.75. The SMILES string of the molecule is Cc1cn([C@H]2C[C@H](O)[C@@H](CNS(=O)(=O)N[C@@H](Cc3ccccc3)C(=O)O)O2)c(=O)[nH]c1=O. The topological polar surface area (TPSA) is 180 Å². The second-order valence-electron chi connectivity index (χ2n) is 7.46. The smallest absolute Gasteiger partial charge is 0.330 e. The maximum Gasteiger partial charge on any atom is 0.330 e.